The molecule has 0 unspecified atom stereocenters. The van der Waals surface area contributed by atoms with Gasteiger partial charge in [-0.25, -0.2) is 9.78 Å². The summed E-state index contributed by atoms with van der Waals surface area (Å²) >= 11 is 0.989. The van der Waals surface area contributed by atoms with E-state index >= 15 is 0 Å². The first-order valence-electron chi connectivity index (χ1n) is 6.06. The van der Waals surface area contributed by atoms with Crippen LogP contribution in [0.25, 0.3) is 22.2 Å². The van der Waals surface area contributed by atoms with E-state index in [1.54, 1.807) is 30.3 Å². The van der Waals surface area contributed by atoms with Crippen LogP contribution in [0.15, 0.2) is 44.9 Å². The van der Waals surface area contributed by atoms with E-state index < -0.39 is 17.5 Å². The number of carboxylic acid groups (broad SMARTS) is 1. The van der Waals surface area contributed by atoms with Gasteiger partial charge in [0, 0.05) is 10.8 Å². The van der Waals surface area contributed by atoms with Gasteiger partial charge in [0.05, 0.1) is 11.3 Å². The van der Waals surface area contributed by atoms with E-state index in [2.05, 4.69) is 10.3 Å². The number of carbonyl (C=O) groups excluding carboxylic acids is 2. The summed E-state index contributed by atoms with van der Waals surface area (Å²) in [6.07, 6.45) is 0. The SMILES string of the molecule is O=C([O-])C(=O)Nc1nc(-c2cc3ccccc3oc2=O)cs1. The largest absolute Gasteiger partial charge is 0.540 e. The van der Waals surface area contributed by atoms with Crippen molar-refractivity contribution in [3.63, 3.8) is 0 Å². The minimum atomic E-state index is -1.86. The van der Waals surface area contributed by atoms with Gasteiger partial charge in [-0.15, -0.1) is 11.3 Å². The number of hydrogen-bond donors (Lipinski definition) is 1. The number of nitrogens with zero attached hydrogens (tertiary/aromatic N) is 1. The Morgan fingerprint density at radius 3 is 2.82 bits per heavy atom. The second-order valence-electron chi connectivity index (χ2n) is 4.26. The van der Waals surface area contributed by atoms with Crippen LogP contribution in [-0.4, -0.2) is 16.9 Å². The number of benzene rings is 1. The van der Waals surface area contributed by atoms with Crippen LogP contribution in [0.5, 0.6) is 0 Å². The van der Waals surface area contributed by atoms with Crippen molar-refractivity contribution in [2.24, 2.45) is 0 Å². The van der Waals surface area contributed by atoms with Crippen molar-refractivity contribution in [2.75, 3.05) is 5.32 Å². The number of rotatable bonds is 2. The molecule has 0 aliphatic rings. The Bertz CT molecular complexity index is 944. The van der Waals surface area contributed by atoms with Crippen molar-refractivity contribution >= 4 is 39.3 Å². The average molecular weight is 315 g/mol. The van der Waals surface area contributed by atoms with E-state index in [4.69, 9.17) is 4.42 Å². The zero-order chi connectivity index (χ0) is 15.7. The Hall–Kier alpha value is -3.00. The van der Waals surface area contributed by atoms with Gasteiger partial charge < -0.3 is 14.3 Å². The Kier molecular flexibility index (Phi) is 3.43. The molecule has 0 spiro atoms. The molecule has 1 N–H and O–H groups in total. The predicted molar refractivity (Wildman–Crippen MR) is 77.2 cm³/mol. The standard InChI is InChI=1S/C14H8N2O5S/c17-11(12(18)19)16-14-15-9(6-22-14)8-5-7-3-1-2-4-10(7)21-13(8)20/h1-6H,(H,18,19)(H,15,16,17)/p-1. The Balaban J connectivity index is 2.00. The van der Waals surface area contributed by atoms with E-state index in [9.17, 15) is 19.5 Å². The van der Waals surface area contributed by atoms with Gasteiger partial charge in [-0.05, 0) is 12.1 Å². The topological polar surface area (TPSA) is 112 Å². The summed E-state index contributed by atoms with van der Waals surface area (Å²) < 4.78 is 5.19. The number of aromatic nitrogens is 1. The summed E-state index contributed by atoms with van der Waals surface area (Å²) in [5.74, 6) is -3.16. The van der Waals surface area contributed by atoms with Crippen LogP contribution < -0.4 is 16.0 Å². The summed E-state index contributed by atoms with van der Waals surface area (Å²) in [6, 6.07) is 8.64. The zero-order valence-electron chi connectivity index (χ0n) is 10.9. The fourth-order valence-corrected chi connectivity index (χ4v) is 2.55. The molecule has 0 saturated heterocycles. The predicted octanol–water partition coefficient (Wildman–Crippen LogP) is 0.605. The highest BCUT2D eigenvalue weighted by Gasteiger charge is 2.13. The molecule has 3 rings (SSSR count). The summed E-state index contributed by atoms with van der Waals surface area (Å²) in [4.78, 5) is 37.4. The number of aliphatic carboxylic acids is 1. The maximum absolute atomic E-state index is 12.0. The van der Waals surface area contributed by atoms with Gasteiger partial charge >= 0.3 is 5.63 Å². The molecule has 0 aliphatic heterocycles. The molecule has 0 aliphatic carbocycles. The fourth-order valence-electron chi connectivity index (χ4n) is 1.84. The van der Waals surface area contributed by atoms with Crippen molar-refractivity contribution in [3.8, 4) is 11.3 Å². The van der Waals surface area contributed by atoms with Crippen LogP contribution >= 0.6 is 11.3 Å². The van der Waals surface area contributed by atoms with Crippen LogP contribution in [-0.2, 0) is 9.59 Å². The number of carbonyl (C=O) groups is 2. The van der Waals surface area contributed by atoms with Gasteiger partial charge in [-0.1, -0.05) is 18.2 Å². The lowest BCUT2D eigenvalue weighted by atomic mass is 10.1. The van der Waals surface area contributed by atoms with Gasteiger partial charge in [0.1, 0.15) is 11.6 Å². The molecule has 0 bridgehead atoms. The minimum Gasteiger partial charge on any atom is -0.540 e. The highest BCUT2D eigenvalue weighted by atomic mass is 32.1. The molecule has 2 heterocycles. The average Bonchev–Trinajstić information content (AvgIpc) is 2.94. The first-order chi connectivity index (χ1) is 10.5. The number of hydrogen-bond acceptors (Lipinski definition) is 7. The molecule has 0 saturated carbocycles. The van der Waals surface area contributed by atoms with Gasteiger partial charge in [-0.2, -0.15) is 0 Å². The molecule has 2 aromatic heterocycles. The van der Waals surface area contributed by atoms with Crippen molar-refractivity contribution in [1.82, 2.24) is 4.98 Å². The quantitative estimate of drug-likeness (QED) is 0.547. The number of carboxylic acids is 1. The number of anilines is 1. The van der Waals surface area contributed by atoms with Crippen molar-refractivity contribution in [3.05, 3.63) is 46.1 Å². The van der Waals surface area contributed by atoms with Gasteiger partial charge in [-0.3, -0.25) is 10.1 Å². The van der Waals surface area contributed by atoms with Crippen molar-refractivity contribution < 1.29 is 19.1 Å². The van der Waals surface area contributed by atoms with Gasteiger partial charge in [0.25, 0.3) is 5.91 Å². The van der Waals surface area contributed by atoms with E-state index in [0.29, 0.717) is 5.58 Å². The lowest BCUT2D eigenvalue weighted by Gasteiger charge is -2.01. The monoisotopic (exact) mass is 315 g/mol. The molecule has 1 amide bonds. The van der Waals surface area contributed by atoms with E-state index in [0.717, 1.165) is 16.7 Å². The maximum Gasteiger partial charge on any atom is 0.345 e. The van der Waals surface area contributed by atoms with Crippen LogP contribution in [0.4, 0.5) is 5.13 Å². The number of fused-ring (bicyclic) bond motifs is 1. The van der Waals surface area contributed by atoms with E-state index in [1.807, 2.05) is 0 Å². The first kappa shape index (κ1) is 14.0. The van der Waals surface area contributed by atoms with Crippen LogP contribution in [0.1, 0.15) is 0 Å². The third-order valence-electron chi connectivity index (χ3n) is 2.83. The summed E-state index contributed by atoms with van der Waals surface area (Å²) in [5.41, 5.74) is 0.404. The van der Waals surface area contributed by atoms with Gasteiger partial charge in [0.2, 0.25) is 0 Å². The number of amides is 1. The molecule has 22 heavy (non-hydrogen) atoms. The van der Waals surface area contributed by atoms with Crippen LogP contribution in [0.2, 0.25) is 0 Å². The smallest absolute Gasteiger partial charge is 0.345 e. The Morgan fingerprint density at radius 1 is 1.27 bits per heavy atom. The molecule has 0 atom stereocenters. The minimum absolute atomic E-state index is 0.0526. The molecule has 110 valence electrons. The first-order valence-corrected chi connectivity index (χ1v) is 6.93. The second kappa shape index (κ2) is 5.41. The third-order valence-corrected chi connectivity index (χ3v) is 3.59. The Morgan fingerprint density at radius 2 is 2.05 bits per heavy atom. The maximum atomic E-state index is 12.0. The number of nitrogens with one attached hydrogen (secondary N) is 1. The van der Waals surface area contributed by atoms with Crippen molar-refractivity contribution in [2.45, 2.75) is 0 Å². The van der Waals surface area contributed by atoms with Crippen LogP contribution in [0.3, 0.4) is 0 Å². The van der Waals surface area contributed by atoms with Crippen LogP contribution in [0, 0.1) is 0 Å². The molecule has 0 fully saturated rings. The molecule has 1 aromatic carbocycles. The van der Waals surface area contributed by atoms with Crippen molar-refractivity contribution in [1.29, 1.82) is 0 Å². The lowest BCUT2D eigenvalue weighted by Crippen LogP contribution is -2.36. The molecular weight excluding hydrogens is 308 g/mol. The fraction of sp³-hybridized carbons (Fsp3) is 0. The number of para-hydroxylation sites is 1. The lowest BCUT2D eigenvalue weighted by molar-refractivity contribution is -0.299. The number of thiazole rings is 1. The zero-order valence-corrected chi connectivity index (χ0v) is 11.7. The molecular formula is C14H7N2O5S-. The normalized spacial score (nSPS) is 10.5. The summed E-state index contributed by atoms with van der Waals surface area (Å²) in [7, 11) is 0. The van der Waals surface area contributed by atoms with Gasteiger partial charge in [0.15, 0.2) is 5.13 Å². The highest BCUT2D eigenvalue weighted by Crippen LogP contribution is 2.25. The highest BCUT2D eigenvalue weighted by molar-refractivity contribution is 7.14. The second-order valence-corrected chi connectivity index (χ2v) is 5.12. The molecule has 8 heteroatoms. The summed E-state index contributed by atoms with van der Waals surface area (Å²) in [5, 5.41) is 14.7. The van der Waals surface area contributed by atoms with E-state index in [-0.39, 0.29) is 16.4 Å². The van der Waals surface area contributed by atoms with E-state index in [1.165, 1.54) is 5.38 Å². The third kappa shape index (κ3) is 2.59. The molecule has 3 aromatic rings. The summed E-state index contributed by atoms with van der Waals surface area (Å²) in [6.45, 7) is 0. The Labute approximate surface area is 126 Å². The molecule has 0 radical (unpaired) electrons. The molecule has 7 nitrogen and oxygen atoms in total.